The van der Waals surface area contributed by atoms with Crippen molar-refractivity contribution >= 4 is 34.4 Å². The first-order chi connectivity index (χ1) is 12.0. The second-order valence-electron chi connectivity index (χ2n) is 5.54. The molecule has 128 valence electrons. The molecule has 0 aliphatic carbocycles. The Bertz CT molecular complexity index is 1000. The molecule has 2 aromatic heterocycles. The number of aryl methyl sites for hydroxylation is 2. The van der Waals surface area contributed by atoms with E-state index in [1.54, 1.807) is 24.3 Å². The molecule has 0 fully saturated rings. The Morgan fingerprint density at radius 1 is 1.36 bits per heavy atom. The van der Waals surface area contributed by atoms with Crippen LogP contribution in [-0.4, -0.2) is 11.0 Å². The lowest BCUT2D eigenvalue weighted by Gasteiger charge is -2.06. The lowest BCUT2D eigenvalue weighted by Crippen LogP contribution is -2.04. The van der Waals surface area contributed by atoms with E-state index in [2.05, 4.69) is 4.98 Å². The molecule has 6 heteroatoms. The highest BCUT2D eigenvalue weighted by molar-refractivity contribution is 7.09. The van der Waals surface area contributed by atoms with E-state index in [9.17, 15) is 9.59 Å². The van der Waals surface area contributed by atoms with Crippen LogP contribution in [0, 0.1) is 6.92 Å². The van der Waals surface area contributed by atoms with Gasteiger partial charge in [-0.2, -0.15) is 0 Å². The standard InChI is InChI=1S/C19H17NO4S/c1-3-4-13-9-19(22)24-17-10-15(6-7-16(13)17)23-18(21)8-5-14-11-25-12(2)20-14/h5-11H,3-4H2,1-2H3/b8-5+. The zero-order valence-electron chi connectivity index (χ0n) is 13.9. The van der Waals surface area contributed by atoms with Gasteiger partial charge in [0.15, 0.2) is 0 Å². The molecule has 1 aromatic carbocycles. The number of carbonyl (C=O) groups excluding carboxylic acids is 1. The smallest absolute Gasteiger partial charge is 0.336 e. The van der Waals surface area contributed by atoms with Crippen LogP contribution < -0.4 is 10.4 Å². The fourth-order valence-electron chi connectivity index (χ4n) is 2.51. The van der Waals surface area contributed by atoms with Crippen LogP contribution in [0.3, 0.4) is 0 Å². The highest BCUT2D eigenvalue weighted by Crippen LogP contribution is 2.23. The summed E-state index contributed by atoms with van der Waals surface area (Å²) in [6.07, 6.45) is 4.64. The van der Waals surface area contributed by atoms with Crippen molar-refractivity contribution in [1.82, 2.24) is 4.98 Å². The topological polar surface area (TPSA) is 69.4 Å². The van der Waals surface area contributed by atoms with E-state index < -0.39 is 11.6 Å². The molecule has 0 aliphatic heterocycles. The van der Waals surface area contributed by atoms with Gasteiger partial charge in [0.2, 0.25) is 0 Å². The van der Waals surface area contributed by atoms with Crippen LogP contribution in [0.25, 0.3) is 17.0 Å². The molecule has 0 saturated heterocycles. The van der Waals surface area contributed by atoms with Gasteiger partial charge in [-0.1, -0.05) is 13.3 Å². The number of ether oxygens (including phenoxy) is 1. The van der Waals surface area contributed by atoms with Gasteiger partial charge in [-0.05, 0) is 37.1 Å². The third-order valence-corrected chi connectivity index (χ3v) is 4.36. The number of rotatable bonds is 5. The van der Waals surface area contributed by atoms with Crippen LogP contribution in [-0.2, 0) is 11.2 Å². The molecular formula is C19H17NO4S. The fraction of sp³-hybridized carbons (Fsp3) is 0.211. The summed E-state index contributed by atoms with van der Waals surface area (Å²) in [6.45, 7) is 3.95. The average molecular weight is 355 g/mol. The monoisotopic (exact) mass is 355 g/mol. The first kappa shape index (κ1) is 17.1. The van der Waals surface area contributed by atoms with Gasteiger partial charge >= 0.3 is 11.6 Å². The number of benzene rings is 1. The molecule has 0 aliphatic rings. The lowest BCUT2D eigenvalue weighted by atomic mass is 10.1. The van der Waals surface area contributed by atoms with E-state index in [4.69, 9.17) is 9.15 Å². The number of hydrogen-bond donors (Lipinski definition) is 0. The molecule has 5 nitrogen and oxygen atoms in total. The number of esters is 1. The van der Waals surface area contributed by atoms with E-state index in [1.165, 1.54) is 23.5 Å². The summed E-state index contributed by atoms with van der Waals surface area (Å²) in [4.78, 5) is 27.9. The highest BCUT2D eigenvalue weighted by Gasteiger charge is 2.08. The second kappa shape index (κ2) is 7.44. The largest absolute Gasteiger partial charge is 0.423 e. The molecule has 3 rings (SSSR count). The average Bonchev–Trinajstić information content (AvgIpc) is 2.98. The molecule has 0 atom stereocenters. The summed E-state index contributed by atoms with van der Waals surface area (Å²) >= 11 is 1.51. The summed E-state index contributed by atoms with van der Waals surface area (Å²) in [6, 6.07) is 6.57. The lowest BCUT2D eigenvalue weighted by molar-refractivity contribution is -0.128. The third-order valence-electron chi connectivity index (χ3n) is 3.57. The number of fused-ring (bicyclic) bond motifs is 1. The number of nitrogens with zero attached hydrogens (tertiary/aromatic N) is 1. The molecular weight excluding hydrogens is 338 g/mol. The van der Waals surface area contributed by atoms with Gasteiger partial charge in [0.1, 0.15) is 11.3 Å². The third kappa shape index (κ3) is 4.22. The predicted octanol–water partition coefficient (Wildman–Crippen LogP) is 4.13. The predicted molar refractivity (Wildman–Crippen MR) is 98.0 cm³/mol. The summed E-state index contributed by atoms with van der Waals surface area (Å²) in [5.41, 5.74) is 1.66. The van der Waals surface area contributed by atoms with E-state index in [1.807, 2.05) is 19.2 Å². The maximum atomic E-state index is 11.9. The molecule has 0 spiro atoms. The van der Waals surface area contributed by atoms with Crippen molar-refractivity contribution in [3.05, 3.63) is 62.4 Å². The first-order valence-corrected chi connectivity index (χ1v) is 8.82. The Morgan fingerprint density at radius 2 is 2.20 bits per heavy atom. The van der Waals surface area contributed by atoms with E-state index in [0.717, 1.165) is 28.8 Å². The van der Waals surface area contributed by atoms with Crippen LogP contribution in [0.1, 0.15) is 29.6 Å². The maximum absolute atomic E-state index is 11.9. The van der Waals surface area contributed by atoms with Crippen LogP contribution in [0.15, 0.2) is 44.9 Å². The van der Waals surface area contributed by atoms with Crippen molar-refractivity contribution in [2.45, 2.75) is 26.7 Å². The molecule has 0 bridgehead atoms. The Labute approximate surface area is 148 Å². The Balaban J connectivity index is 1.80. The summed E-state index contributed by atoms with van der Waals surface area (Å²) in [5, 5.41) is 3.65. The van der Waals surface area contributed by atoms with Crippen LogP contribution >= 0.6 is 11.3 Å². The zero-order valence-corrected chi connectivity index (χ0v) is 14.8. The minimum absolute atomic E-state index is 0.327. The van der Waals surface area contributed by atoms with Crippen molar-refractivity contribution < 1.29 is 13.9 Å². The minimum Gasteiger partial charge on any atom is -0.423 e. The minimum atomic E-state index is -0.517. The number of thiazole rings is 1. The van der Waals surface area contributed by atoms with Gasteiger partial charge in [-0.3, -0.25) is 0 Å². The molecule has 2 heterocycles. The fourth-order valence-corrected chi connectivity index (χ4v) is 3.09. The zero-order chi connectivity index (χ0) is 17.8. The second-order valence-corrected chi connectivity index (χ2v) is 6.61. The van der Waals surface area contributed by atoms with Crippen molar-refractivity contribution in [1.29, 1.82) is 0 Å². The number of carbonyl (C=O) groups is 1. The van der Waals surface area contributed by atoms with Crippen molar-refractivity contribution in [3.63, 3.8) is 0 Å². The quantitative estimate of drug-likeness (QED) is 0.298. The van der Waals surface area contributed by atoms with Crippen molar-refractivity contribution in [3.8, 4) is 5.75 Å². The number of aromatic nitrogens is 1. The van der Waals surface area contributed by atoms with Crippen molar-refractivity contribution in [2.24, 2.45) is 0 Å². The summed E-state index contributed by atoms with van der Waals surface area (Å²) in [5.74, 6) is -0.189. The molecule has 25 heavy (non-hydrogen) atoms. The normalized spacial score (nSPS) is 11.3. The first-order valence-electron chi connectivity index (χ1n) is 7.94. The highest BCUT2D eigenvalue weighted by atomic mass is 32.1. The van der Waals surface area contributed by atoms with Gasteiger partial charge in [-0.25, -0.2) is 14.6 Å². The van der Waals surface area contributed by atoms with Crippen LogP contribution in [0.5, 0.6) is 5.75 Å². The Kier molecular flexibility index (Phi) is 5.09. The van der Waals surface area contributed by atoms with Gasteiger partial charge in [-0.15, -0.1) is 11.3 Å². The van der Waals surface area contributed by atoms with Gasteiger partial charge in [0.25, 0.3) is 0 Å². The number of hydrogen-bond acceptors (Lipinski definition) is 6. The van der Waals surface area contributed by atoms with Crippen LogP contribution in [0.2, 0.25) is 0 Å². The molecule has 0 unspecified atom stereocenters. The van der Waals surface area contributed by atoms with E-state index in [0.29, 0.717) is 17.0 Å². The molecule has 0 saturated carbocycles. The van der Waals surface area contributed by atoms with E-state index in [-0.39, 0.29) is 0 Å². The maximum Gasteiger partial charge on any atom is 0.336 e. The van der Waals surface area contributed by atoms with Gasteiger partial charge in [0, 0.05) is 29.0 Å². The Morgan fingerprint density at radius 3 is 2.92 bits per heavy atom. The molecule has 0 N–H and O–H groups in total. The Hall–Kier alpha value is -2.73. The van der Waals surface area contributed by atoms with Gasteiger partial charge in [0.05, 0.1) is 10.7 Å². The summed E-state index contributed by atoms with van der Waals surface area (Å²) < 4.78 is 10.5. The van der Waals surface area contributed by atoms with E-state index >= 15 is 0 Å². The van der Waals surface area contributed by atoms with Crippen LogP contribution in [0.4, 0.5) is 0 Å². The summed E-state index contributed by atoms with van der Waals surface area (Å²) in [7, 11) is 0. The molecule has 0 radical (unpaired) electrons. The molecule has 0 amide bonds. The SMILES string of the molecule is CCCc1cc(=O)oc2cc(OC(=O)/C=C/c3csc(C)n3)ccc12. The van der Waals surface area contributed by atoms with Gasteiger partial charge < -0.3 is 9.15 Å². The van der Waals surface area contributed by atoms with Crippen molar-refractivity contribution in [2.75, 3.05) is 0 Å². The molecule has 3 aromatic rings.